The number of rotatable bonds is 2. The van der Waals surface area contributed by atoms with Crippen LogP contribution in [0, 0.1) is 17.2 Å². The number of halogens is 1. The van der Waals surface area contributed by atoms with E-state index in [1.54, 1.807) is 12.3 Å². The van der Waals surface area contributed by atoms with Crippen molar-refractivity contribution in [3.63, 3.8) is 0 Å². The summed E-state index contributed by atoms with van der Waals surface area (Å²) in [5.74, 6) is 0.572. The molecular formula is C11H15FN2. The highest BCUT2D eigenvalue weighted by Gasteiger charge is 2.57. The number of aromatic nitrogens is 1. The summed E-state index contributed by atoms with van der Waals surface area (Å²) in [6, 6.07) is 1.56. The summed E-state index contributed by atoms with van der Waals surface area (Å²) in [6.45, 7) is 4.99. The minimum absolute atomic E-state index is 0.199. The van der Waals surface area contributed by atoms with E-state index in [1.165, 1.54) is 6.20 Å². The molecule has 2 N–H and O–H groups in total. The molecule has 0 aliphatic heterocycles. The molecule has 2 nitrogen and oxygen atoms in total. The monoisotopic (exact) mass is 194 g/mol. The SMILES string of the molecule is CC1(C)[C@H](CN)[C@H]1c1cncc(F)c1. The van der Waals surface area contributed by atoms with Crippen molar-refractivity contribution in [1.82, 2.24) is 4.98 Å². The van der Waals surface area contributed by atoms with E-state index in [9.17, 15) is 4.39 Å². The van der Waals surface area contributed by atoms with E-state index in [2.05, 4.69) is 18.8 Å². The normalized spacial score (nSPS) is 28.9. The first kappa shape index (κ1) is 9.59. The van der Waals surface area contributed by atoms with Gasteiger partial charge in [0.15, 0.2) is 0 Å². The zero-order chi connectivity index (χ0) is 10.3. The van der Waals surface area contributed by atoms with E-state index in [0.717, 1.165) is 5.56 Å². The van der Waals surface area contributed by atoms with Crippen molar-refractivity contribution in [2.75, 3.05) is 6.54 Å². The largest absolute Gasteiger partial charge is 0.330 e. The second kappa shape index (κ2) is 3.02. The Morgan fingerprint density at radius 3 is 2.71 bits per heavy atom. The van der Waals surface area contributed by atoms with Crippen LogP contribution in [0.2, 0.25) is 0 Å². The summed E-state index contributed by atoms with van der Waals surface area (Å²) in [7, 11) is 0. The molecule has 1 aliphatic carbocycles. The van der Waals surface area contributed by atoms with Gasteiger partial charge in [0.05, 0.1) is 6.20 Å². The second-order valence-electron chi connectivity index (χ2n) is 4.58. The molecule has 1 aromatic rings. The van der Waals surface area contributed by atoms with Crippen molar-refractivity contribution in [2.24, 2.45) is 17.1 Å². The first-order chi connectivity index (χ1) is 6.57. The van der Waals surface area contributed by atoms with Crippen LogP contribution >= 0.6 is 0 Å². The Balaban J connectivity index is 2.26. The molecule has 2 rings (SSSR count). The van der Waals surface area contributed by atoms with Crippen LogP contribution in [-0.4, -0.2) is 11.5 Å². The highest BCUT2D eigenvalue weighted by atomic mass is 19.1. The molecule has 0 spiro atoms. The highest BCUT2D eigenvalue weighted by molar-refractivity contribution is 5.29. The van der Waals surface area contributed by atoms with Crippen LogP contribution in [0.25, 0.3) is 0 Å². The lowest BCUT2D eigenvalue weighted by Crippen LogP contribution is -2.05. The van der Waals surface area contributed by atoms with Crippen LogP contribution in [-0.2, 0) is 0 Å². The van der Waals surface area contributed by atoms with E-state index in [4.69, 9.17) is 5.73 Å². The minimum Gasteiger partial charge on any atom is -0.330 e. The molecule has 0 aromatic carbocycles. The first-order valence-electron chi connectivity index (χ1n) is 4.88. The van der Waals surface area contributed by atoms with Crippen molar-refractivity contribution in [2.45, 2.75) is 19.8 Å². The average Bonchev–Trinajstić information content (AvgIpc) is 2.68. The Morgan fingerprint density at radius 2 is 2.21 bits per heavy atom. The summed E-state index contributed by atoms with van der Waals surface area (Å²) in [5, 5.41) is 0. The third-order valence-electron chi connectivity index (χ3n) is 3.39. The lowest BCUT2D eigenvalue weighted by atomic mass is 10.1. The molecular weight excluding hydrogens is 179 g/mol. The molecule has 1 heterocycles. The quantitative estimate of drug-likeness (QED) is 0.781. The zero-order valence-corrected chi connectivity index (χ0v) is 8.50. The summed E-state index contributed by atoms with van der Waals surface area (Å²) in [4.78, 5) is 3.86. The average molecular weight is 194 g/mol. The van der Waals surface area contributed by atoms with E-state index in [1.807, 2.05) is 0 Å². The third-order valence-corrected chi connectivity index (χ3v) is 3.39. The van der Waals surface area contributed by atoms with E-state index in [0.29, 0.717) is 18.4 Å². The van der Waals surface area contributed by atoms with Crippen molar-refractivity contribution >= 4 is 0 Å². The predicted octanol–water partition coefficient (Wildman–Crippen LogP) is 1.92. The number of nitrogens with two attached hydrogens (primary N) is 1. The molecule has 76 valence electrons. The summed E-state index contributed by atoms with van der Waals surface area (Å²) >= 11 is 0. The molecule has 0 radical (unpaired) electrons. The lowest BCUT2D eigenvalue weighted by molar-refractivity contribution is 0.557. The van der Waals surface area contributed by atoms with E-state index >= 15 is 0 Å². The molecule has 2 atom stereocenters. The number of pyridine rings is 1. The van der Waals surface area contributed by atoms with Gasteiger partial charge < -0.3 is 5.73 Å². The first-order valence-corrected chi connectivity index (χ1v) is 4.88. The Morgan fingerprint density at radius 1 is 1.50 bits per heavy atom. The van der Waals surface area contributed by atoms with Crippen LogP contribution in [0.4, 0.5) is 4.39 Å². The van der Waals surface area contributed by atoms with Crippen LogP contribution in [0.3, 0.4) is 0 Å². The van der Waals surface area contributed by atoms with Gasteiger partial charge in [0.25, 0.3) is 0 Å². The van der Waals surface area contributed by atoms with Crippen LogP contribution in [0.5, 0.6) is 0 Å². The minimum atomic E-state index is -0.263. The predicted molar refractivity (Wildman–Crippen MR) is 53.3 cm³/mol. The van der Waals surface area contributed by atoms with Crippen LogP contribution < -0.4 is 5.73 Å². The van der Waals surface area contributed by atoms with Crippen LogP contribution in [0.1, 0.15) is 25.3 Å². The molecule has 0 amide bonds. The number of hydrogen-bond acceptors (Lipinski definition) is 2. The zero-order valence-electron chi connectivity index (χ0n) is 8.50. The van der Waals surface area contributed by atoms with Gasteiger partial charge in [0.2, 0.25) is 0 Å². The van der Waals surface area contributed by atoms with Gasteiger partial charge in [-0.3, -0.25) is 4.98 Å². The van der Waals surface area contributed by atoms with Crippen molar-refractivity contribution < 1.29 is 4.39 Å². The van der Waals surface area contributed by atoms with Gasteiger partial charge >= 0.3 is 0 Å². The Labute approximate surface area is 83.3 Å². The van der Waals surface area contributed by atoms with Gasteiger partial charge in [-0.2, -0.15) is 0 Å². The maximum absolute atomic E-state index is 12.9. The molecule has 1 fully saturated rings. The number of nitrogens with zero attached hydrogens (tertiary/aromatic N) is 1. The maximum atomic E-state index is 12.9. The van der Waals surface area contributed by atoms with Crippen molar-refractivity contribution in [1.29, 1.82) is 0 Å². The summed E-state index contributed by atoms with van der Waals surface area (Å²) in [5.41, 5.74) is 6.84. The molecule has 1 saturated carbocycles. The fourth-order valence-electron chi connectivity index (χ4n) is 2.44. The molecule has 0 saturated heterocycles. The van der Waals surface area contributed by atoms with Crippen molar-refractivity contribution in [3.8, 4) is 0 Å². The summed E-state index contributed by atoms with van der Waals surface area (Å²) in [6.07, 6.45) is 2.97. The maximum Gasteiger partial charge on any atom is 0.141 e. The van der Waals surface area contributed by atoms with Gasteiger partial charge in [-0.1, -0.05) is 13.8 Å². The Bertz CT molecular complexity index is 349. The van der Waals surface area contributed by atoms with Crippen molar-refractivity contribution in [3.05, 3.63) is 29.8 Å². The molecule has 3 heteroatoms. The van der Waals surface area contributed by atoms with Gasteiger partial charge in [-0.25, -0.2) is 4.39 Å². The number of hydrogen-bond donors (Lipinski definition) is 1. The molecule has 0 bridgehead atoms. The fraction of sp³-hybridized carbons (Fsp3) is 0.545. The third kappa shape index (κ3) is 1.32. The standard InChI is InChI=1S/C11H15FN2/c1-11(2)9(4-13)10(11)7-3-8(12)6-14-5-7/h3,5-6,9-10H,4,13H2,1-2H3/t9-,10-/m1/s1. The van der Waals surface area contributed by atoms with Gasteiger partial charge in [-0.05, 0) is 35.4 Å². The topological polar surface area (TPSA) is 38.9 Å². The Hall–Kier alpha value is -0.960. The van der Waals surface area contributed by atoms with Gasteiger partial charge in [0, 0.05) is 6.20 Å². The molecule has 14 heavy (non-hydrogen) atoms. The van der Waals surface area contributed by atoms with E-state index in [-0.39, 0.29) is 11.2 Å². The molecule has 1 aliphatic rings. The Kier molecular flexibility index (Phi) is 2.07. The lowest BCUT2D eigenvalue weighted by Gasteiger charge is -2.01. The molecule has 0 unspecified atom stereocenters. The molecule has 1 aromatic heterocycles. The smallest absolute Gasteiger partial charge is 0.141 e. The van der Waals surface area contributed by atoms with Crippen LogP contribution in [0.15, 0.2) is 18.5 Å². The van der Waals surface area contributed by atoms with Gasteiger partial charge in [-0.15, -0.1) is 0 Å². The van der Waals surface area contributed by atoms with Gasteiger partial charge in [0.1, 0.15) is 5.82 Å². The van der Waals surface area contributed by atoms with E-state index < -0.39 is 0 Å². The summed E-state index contributed by atoms with van der Waals surface area (Å²) < 4.78 is 12.9. The highest BCUT2D eigenvalue weighted by Crippen LogP contribution is 2.63. The fourth-order valence-corrected chi connectivity index (χ4v) is 2.44. The second-order valence-corrected chi connectivity index (χ2v) is 4.58.